The number of halogens is 1. The van der Waals surface area contributed by atoms with E-state index < -0.39 is 23.8 Å². The van der Waals surface area contributed by atoms with Crippen LogP contribution in [0.2, 0.25) is 0 Å². The molecule has 1 unspecified atom stereocenters. The Labute approximate surface area is 162 Å². The number of nitrogens with one attached hydrogen (secondary N) is 2. The Hall–Kier alpha value is -3.67. The first-order valence-corrected chi connectivity index (χ1v) is 8.77. The van der Waals surface area contributed by atoms with Crippen molar-refractivity contribution >= 4 is 17.6 Å². The van der Waals surface area contributed by atoms with Gasteiger partial charge in [-0.25, -0.2) is 9.18 Å². The number of carbonyl (C=O) groups is 2. The first kappa shape index (κ1) is 19.1. The molecule has 0 bridgehead atoms. The first-order chi connectivity index (χ1) is 13.5. The van der Waals surface area contributed by atoms with Crippen LogP contribution in [0.4, 0.5) is 14.9 Å². The van der Waals surface area contributed by atoms with Crippen LogP contribution >= 0.6 is 0 Å². The van der Waals surface area contributed by atoms with E-state index in [4.69, 9.17) is 5.73 Å². The van der Waals surface area contributed by atoms with Gasteiger partial charge in [0.05, 0.1) is 0 Å². The lowest BCUT2D eigenvalue weighted by Gasteiger charge is -2.17. The van der Waals surface area contributed by atoms with E-state index in [1.165, 1.54) is 24.3 Å². The highest BCUT2D eigenvalue weighted by atomic mass is 19.1. The molecule has 0 spiro atoms. The summed E-state index contributed by atoms with van der Waals surface area (Å²) in [7, 11) is 0. The molecule has 3 amide bonds. The fourth-order valence-electron chi connectivity index (χ4n) is 2.88. The summed E-state index contributed by atoms with van der Waals surface area (Å²) in [6, 6.07) is 20.9. The summed E-state index contributed by atoms with van der Waals surface area (Å²) in [6.45, 7) is 0. The van der Waals surface area contributed by atoms with E-state index in [9.17, 15) is 14.0 Å². The fourth-order valence-corrected chi connectivity index (χ4v) is 2.88. The van der Waals surface area contributed by atoms with Gasteiger partial charge in [-0.15, -0.1) is 0 Å². The zero-order valence-corrected chi connectivity index (χ0v) is 15.1. The molecule has 0 saturated heterocycles. The quantitative estimate of drug-likeness (QED) is 0.611. The summed E-state index contributed by atoms with van der Waals surface area (Å²) < 4.78 is 13.1. The third-order valence-electron chi connectivity index (χ3n) is 4.27. The third kappa shape index (κ3) is 4.94. The molecule has 3 rings (SSSR count). The van der Waals surface area contributed by atoms with Gasteiger partial charge in [0.2, 0.25) is 5.91 Å². The third-order valence-corrected chi connectivity index (χ3v) is 4.27. The van der Waals surface area contributed by atoms with E-state index in [-0.39, 0.29) is 0 Å². The molecule has 0 aliphatic heterocycles. The first-order valence-electron chi connectivity index (χ1n) is 8.77. The summed E-state index contributed by atoms with van der Waals surface area (Å²) in [5.41, 5.74) is 8.48. The minimum absolute atomic E-state index is 0.404. The molecule has 5 nitrogen and oxygen atoms in total. The summed E-state index contributed by atoms with van der Waals surface area (Å²) >= 11 is 0. The van der Waals surface area contributed by atoms with Gasteiger partial charge in [0, 0.05) is 5.69 Å². The molecule has 3 aromatic rings. The number of benzene rings is 3. The standard InChI is InChI=1S/C22H20FN3O2/c23-18-12-10-16(11-13-18)20(21(24)27)26-22(28)25-19-9-5-4-8-17(19)14-15-6-2-1-3-7-15/h1-13,20H,14H2,(H2,24,27)(H2,25,26,28). The Morgan fingerprint density at radius 1 is 0.893 bits per heavy atom. The second-order valence-electron chi connectivity index (χ2n) is 6.30. The van der Waals surface area contributed by atoms with Gasteiger partial charge in [0.1, 0.15) is 11.9 Å². The maximum Gasteiger partial charge on any atom is 0.320 e. The Kier molecular flexibility index (Phi) is 6.01. The van der Waals surface area contributed by atoms with E-state index >= 15 is 0 Å². The van der Waals surface area contributed by atoms with Crippen molar-refractivity contribution in [2.45, 2.75) is 12.5 Å². The topological polar surface area (TPSA) is 84.2 Å². The molecule has 3 aromatic carbocycles. The van der Waals surface area contributed by atoms with Crippen molar-refractivity contribution in [2.75, 3.05) is 5.32 Å². The van der Waals surface area contributed by atoms with Crippen LogP contribution in [0, 0.1) is 5.82 Å². The van der Waals surface area contributed by atoms with Gasteiger partial charge in [-0.05, 0) is 41.3 Å². The van der Waals surface area contributed by atoms with Crippen molar-refractivity contribution in [3.05, 3.63) is 101 Å². The van der Waals surface area contributed by atoms with Crippen molar-refractivity contribution in [2.24, 2.45) is 5.73 Å². The smallest absolute Gasteiger partial charge is 0.320 e. The van der Waals surface area contributed by atoms with Gasteiger partial charge < -0.3 is 16.4 Å². The van der Waals surface area contributed by atoms with Crippen molar-refractivity contribution in [1.82, 2.24) is 5.32 Å². The van der Waals surface area contributed by atoms with Crippen LogP contribution in [0.1, 0.15) is 22.7 Å². The van der Waals surface area contributed by atoms with Crippen LogP contribution in [0.3, 0.4) is 0 Å². The highest BCUT2D eigenvalue weighted by Crippen LogP contribution is 2.20. The Morgan fingerprint density at radius 2 is 1.54 bits per heavy atom. The molecular weight excluding hydrogens is 357 g/mol. The van der Waals surface area contributed by atoms with Crippen LogP contribution in [0.15, 0.2) is 78.9 Å². The lowest BCUT2D eigenvalue weighted by molar-refractivity contribution is -0.119. The predicted octanol–water partition coefficient (Wildman–Crippen LogP) is 3.76. The monoisotopic (exact) mass is 377 g/mol. The number of anilines is 1. The summed E-state index contributed by atoms with van der Waals surface area (Å²) in [4.78, 5) is 24.2. The number of para-hydroxylation sites is 1. The molecule has 6 heteroatoms. The number of carbonyl (C=O) groups excluding carboxylic acids is 2. The molecule has 0 aliphatic carbocycles. The summed E-state index contributed by atoms with van der Waals surface area (Å²) in [5.74, 6) is -1.18. The van der Waals surface area contributed by atoms with Crippen molar-refractivity contribution in [3.63, 3.8) is 0 Å². The number of hydrogen-bond acceptors (Lipinski definition) is 2. The van der Waals surface area contributed by atoms with Crippen LogP contribution < -0.4 is 16.4 Å². The molecule has 0 radical (unpaired) electrons. The second-order valence-corrected chi connectivity index (χ2v) is 6.30. The van der Waals surface area contributed by atoms with Crippen LogP contribution in [0.5, 0.6) is 0 Å². The van der Waals surface area contributed by atoms with E-state index in [0.717, 1.165) is 11.1 Å². The molecule has 1 atom stereocenters. The SMILES string of the molecule is NC(=O)C(NC(=O)Nc1ccccc1Cc1ccccc1)c1ccc(F)cc1. The van der Waals surface area contributed by atoms with Gasteiger partial charge in [0.15, 0.2) is 0 Å². The zero-order chi connectivity index (χ0) is 19.9. The lowest BCUT2D eigenvalue weighted by atomic mass is 10.0. The second kappa shape index (κ2) is 8.81. The minimum Gasteiger partial charge on any atom is -0.368 e. The van der Waals surface area contributed by atoms with Crippen molar-refractivity contribution in [3.8, 4) is 0 Å². The van der Waals surface area contributed by atoms with Gasteiger partial charge in [-0.2, -0.15) is 0 Å². The number of primary amides is 1. The maximum absolute atomic E-state index is 13.1. The molecule has 4 N–H and O–H groups in total. The molecule has 0 fully saturated rings. The Balaban J connectivity index is 1.73. The van der Waals surface area contributed by atoms with E-state index in [2.05, 4.69) is 10.6 Å². The Morgan fingerprint density at radius 3 is 2.21 bits per heavy atom. The summed E-state index contributed by atoms with van der Waals surface area (Å²) in [5, 5.41) is 5.31. The molecule has 142 valence electrons. The molecule has 0 heterocycles. The van der Waals surface area contributed by atoms with Crippen molar-refractivity contribution in [1.29, 1.82) is 0 Å². The van der Waals surface area contributed by atoms with Crippen LogP contribution in [-0.4, -0.2) is 11.9 Å². The highest BCUT2D eigenvalue weighted by Gasteiger charge is 2.20. The average molecular weight is 377 g/mol. The normalized spacial score (nSPS) is 11.5. The van der Waals surface area contributed by atoms with Gasteiger partial charge in [-0.3, -0.25) is 4.79 Å². The maximum atomic E-state index is 13.1. The number of amides is 3. The van der Waals surface area contributed by atoms with E-state index in [1.807, 2.05) is 48.5 Å². The highest BCUT2D eigenvalue weighted by molar-refractivity contribution is 5.94. The minimum atomic E-state index is -1.07. The van der Waals surface area contributed by atoms with Crippen LogP contribution in [0.25, 0.3) is 0 Å². The number of hydrogen-bond donors (Lipinski definition) is 3. The van der Waals surface area contributed by atoms with Crippen molar-refractivity contribution < 1.29 is 14.0 Å². The zero-order valence-electron chi connectivity index (χ0n) is 15.1. The van der Waals surface area contributed by atoms with E-state index in [1.54, 1.807) is 6.07 Å². The predicted molar refractivity (Wildman–Crippen MR) is 106 cm³/mol. The van der Waals surface area contributed by atoms with Gasteiger partial charge in [0.25, 0.3) is 0 Å². The average Bonchev–Trinajstić information content (AvgIpc) is 2.69. The number of rotatable bonds is 6. The number of urea groups is 1. The van der Waals surface area contributed by atoms with Gasteiger partial charge >= 0.3 is 6.03 Å². The van der Waals surface area contributed by atoms with Gasteiger partial charge in [-0.1, -0.05) is 60.7 Å². The molecule has 28 heavy (non-hydrogen) atoms. The lowest BCUT2D eigenvalue weighted by Crippen LogP contribution is -2.39. The van der Waals surface area contributed by atoms with Crippen LogP contribution in [-0.2, 0) is 11.2 Å². The summed E-state index contributed by atoms with van der Waals surface area (Å²) in [6.07, 6.45) is 0.647. The fraction of sp³-hybridized carbons (Fsp3) is 0.0909. The van der Waals surface area contributed by atoms with E-state index in [0.29, 0.717) is 17.7 Å². The molecule has 0 saturated carbocycles. The molecule has 0 aliphatic rings. The molecule has 0 aromatic heterocycles. The largest absolute Gasteiger partial charge is 0.368 e. The number of nitrogens with two attached hydrogens (primary N) is 1. The Bertz CT molecular complexity index is 959. The molecular formula is C22H20FN3O2.